The molecule has 105 heavy (non-hydrogen) atoms. The highest BCUT2D eigenvalue weighted by atomic mass is 32.2. The van der Waals surface area contributed by atoms with Crippen LogP contribution in [0.3, 0.4) is 0 Å². The predicted molar refractivity (Wildman–Crippen MR) is 399 cm³/mol. The van der Waals surface area contributed by atoms with E-state index in [1.165, 1.54) is 48.6 Å². The number of hydrogen-bond acceptors (Lipinski definition) is 17. The summed E-state index contributed by atoms with van der Waals surface area (Å²) in [6.07, 6.45) is 8.60. The quantitative estimate of drug-likeness (QED) is 0.0582. The van der Waals surface area contributed by atoms with Gasteiger partial charge in [-0.05, 0) is 141 Å². The van der Waals surface area contributed by atoms with Crippen LogP contribution >= 0.6 is 23.5 Å². The monoisotopic (exact) mass is 1480 g/mol. The second-order valence-electron chi connectivity index (χ2n) is 28.2. The van der Waals surface area contributed by atoms with E-state index in [0.29, 0.717) is 102 Å². The van der Waals surface area contributed by atoms with Crippen LogP contribution in [-0.2, 0) is 90.7 Å². The van der Waals surface area contributed by atoms with E-state index >= 15 is 28.4 Å². The molecular weight excluding hydrogens is 1380 g/mol. The number of phenolic OH excluding ortho intramolecular Hbond substituents is 1. The number of carboxylic acid groups (broad SMARTS) is 1. The third-order valence-electron chi connectivity index (χ3n) is 20.4. The first kappa shape index (κ1) is 80.0. The lowest BCUT2D eigenvalue weighted by Crippen LogP contribution is -2.62. The molecule has 1 saturated carbocycles. The minimum Gasteiger partial charge on any atom is -0.508 e. The van der Waals surface area contributed by atoms with Crippen molar-refractivity contribution < 1.29 is 62.5 Å². The minimum absolute atomic E-state index is 0.0572. The molecule has 4 heterocycles. The zero-order valence-corrected chi connectivity index (χ0v) is 61.4. The summed E-state index contributed by atoms with van der Waals surface area (Å²) in [6, 6.07) is 14.8. The summed E-state index contributed by atoms with van der Waals surface area (Å²) >= 11 is 3.15. The fraction of sp³-hybridized carbons (Fsp3) is 0.513. The number of nitrogens with two attached hydrogens (primary N) is 2. The summed E-state index contributed by atoms with van der Waals surface area (Å²) in [5, 5.41) is 46.8. The van der Waals surface area contributed by atoms with Crippen LogP contribution in [0.1, 0.15) is 149 Å². The third-order valence-corrected chi connectivity index (χ3v) is 22.5. The summed E-state index contributed by atoms with van der Waals surface area (Å²) in [7, 11) is 0. The van der Waals surface area contributed by atoms with Gasteiger partial charge >= 0.3 is 5.97 Å². The van der Waals surface area contributed by atoms with Crippen molar-refractivity contribution in [3.63, 3.8) is 0 Å². The molecule has 1 aliphatic carbocycles. The molecule has 4 aromatic carbocycles. The summed E-state index contributed by atoms with van der Waals surface area (Å²) < 4.78 is 15.8. The summed E-state index contributed by atoms with van der Waals surface area (Å²) in [5.74, 6) is -7.10. The van der Waals surface area contributed by atoms with E-state index < -0.39 is 119 Å². The normalized spacial score (nSPS) is 25.4. The Balaban J connectivity index is 1.09. The molecule has 1 unspecified atom stereocenters. The molecule has 3 aliphatic heterocycles. The number of hydrogen-bond donors (Lipinski definition) is 14. The molecule has 5 aromatic rings. The lowest BCUT2D eigenvalue weighted by atomic mass is 9.64. The third kappa shape index (κ3) is 22.5. The standard InChI is InChI=1S/C76H101FN14O12S2/c1-47-67(96)86-60(36-49-13-10-14-50(33-49)41-79)69(98)90-64(40-76(53-17-6-4-3-5-7-18-53)45-82-58-25-22-54(77)37-57(58)76)72(101)88-62(39-66(94)95)71(100)87-61(38-55-42-80-46-83-55)70(99)89-63(35-48-20-23-56(92)24-21-48)73(102)91-30-12-27-75(91,2)74(103)81-29-32-105-44-52-16-11-15-51(34-52)43-104-31-26-65(93)85-59(68(97)84-47)19-8-9-28-78/h10-11,13-16,20-25,33-34,37,42,46-47,53,59-64,82,92H,3-9,12,17-19,26-32,35-36,38-41,43-45,78-79H2,1-2H3,(H,80,83)(H,81,103)(H,84,97)(H,85,93)(H,86,96)(H,87,100)(H,88,101)(H,89,99)(H,90,98)(H,94,95)/t47-,59+,60+,61+,62+,63+,64+,75+,76?/m1/s1. The smallest absolute Gasteiger partial charge is 0.305 e. The number of aromatic amines is 1. The van der Waals surface area contributed by atoms with E-state index in [1.807, 2.05) is 18.2 Å². The average molecular weight is 1490 g/mol. The van der Waals surface area contributed by atoms with Crippen LogP contribution in [0.15, 0.2) is 104 Å². The van der Waals surface area contributed by atoms with Crippen molar-refractivity contribution in [3.8, 4) is 5.75 Å². The fourth-order valence-corrected chi connectivity index (χ4v) is 16.3. The number of halogens is 1. The molecule has 1 aromatic heterocycles. The number of aromatic hydroxyl groups is 1. The van der Waals surface area contributed by atoms with Crippen molar-refractivity contribution >= 4 is 88.3 Å². The SMILES string of the molecule is C[C@H]1NC(=O)[C@H](CCCCN)NC(=O)CCSCc2cccc(c2)CSCCNC(=O)[C@]2(C)CCCN2C(=O)[C@H](Cc2ccc(O)cc2)NC(=O)[C@H](Cc2cnc[nH]2)NC(=O)[C@H](CC(=O)O)NC(=O)[C@H](CC2(C3CCCCCCC3)CNc3ccc(F)cc32)NC(=O)[C@H](Cc2cccc(CN)c2)NC1=O. The molecular formula is C76H101FN14O12S2. The van der Waals surface area contributed by atoms with Crippen LogP contribution in [0.25, 0.3) is 0 Å². The molecule has 9 amide bonds. The molecule has 9 atom stereocenters. The van der Waals surface area contributed by atoms with Gasteiger partial charge in [-0.3, -0.25) is 47.9 Å². The number of thioether (sulfide) groups is 2. The molecule has 0 radical (unpaired) electrons. The van der Waals surface area contributed by atoms with Gasteiger partial charge in [-0.2, -0.15) is 23.5 Å². The molecule has 2 fully saturated rings. The maximum Gasteiger partial charge on any atom is 0.305 e. The fourth-order valence-electron chi connectivity index (χ4n) is 14.6. The summed E-state index contributed by atoms with van der Waals surface area (Å²) in [4.78, 5) is 156. The van der Waals surface area contributed by atoms with Gasteiger partial charge in [0.25, 0.3) is 0 Å². The second-order valence-corrected chi connectivity index (χ2v) is 30.4. The van der Waals surface area contributed by atoms with Crippen LogP contribution in [0.4, 0.5) is 10.1 Å². The summed E-state index contributed by atoms with van der Waals surface area (Å²) in [5.41, 5.74) is 14.8. The number of fused-ring (bicyclic) bond motifs is 4. The van der Waals surface area contributed by atoms with Crippen LogP contribution in [0.2, 0.25) is 0 Å². The van der Waals surface area contributed by atoms with E-state index in [2.05, 4.69) is 63.9 Å². The molecule has 566 valence electrons. The first-order valence-corrected chi connectivity index (χ1v) is 38.8. The molecule has 2 bridgehead atoms. The lowest BCUT2D eigenvalue weighted by molar-refractivity contribution is -0.146. The number of phenols is 1. The van der Waals surface area contributed by atoms with E-state index in [1.54, 1.807) is 72.9 Å². The van der Waals surface area contributed by atoms with Crippen molar-refractivity contribution in [1.82, 2.24) is 57.4 Å². The highest BCUT2D eigenvalue weighted by molar-refractivity contribution is 7.98. The predicted octanol–water partition coefficient (Wildman–Crippen LogP) is 4.94. The van der Waals surface area contributed by atoms with Crippen molar-refractivity contribution in [2.24, 2.45) is 17.4 Å². The number of imidazole rings is 1. The van der Waals surface area contributed by atoms with Gasteiger partial charge in [0, 0.05) is 97.9 Å². The number of carbonyl (C=O) groups excluding carboxylic acids is 9. The Morgan fingerprint density at radius 3 is 1.98 bits per heavy atom. The minimum atomic E-state index is -1.97. The molecule has 9 rings (SSSR count). The van der Waals surface area contributed by atoms with Crippen molar-refractivity contribution in [3.05, 3.63) is 148 Å². The van der Waals surface area contributed by atoms with Crippen LogP contribution < -0.4 is 59.3 Å². The van der Waals surface area contributed by atoms with Crippen molar-refractivity contribution in [1.29, 1.82) is 0 Å². The highest BCUT2D eigenvalue weighted by Crippen LogP contribution is 2.50. The maximum atomic E-state index is 15.8. The molecule has 4 aliphatic rings. The van der Waals surface area contributed by atoms with Gasteiger partial charge in [0.1, 0.15) is 59.4 Å². The first-order valence-electron chi connectivity index (χ1n) is 36.5. The largest absolute Gasteiger partial charge is 0.508 e. The zero-order chi connectivity index (χ0) is 75.0. The number of H-pyrrole nitrogens is 1. The van der Waals surface area contributed by atoms with Gasteiger partial charge in [0.15, 0.2) is 0 Å². The number of aliphatic carboxylic acids is 1. The Hall–Kier alpha value is -9.06. The van der Waals surface area contributed by atoms with Gasteiger partial charge in [0.2, 0.25) is 53.2 Å². The number of carboxylic acids is 1. The average Bonchev–Trinajstić information content (AvgIpc) is 1.62. The number of carbonyl (C=O) groups is 10. The van der Waals surface area contributed by atoms with E-state index in [-0.39, 0.29) is 82.3 Å². The van der Waals surface area contributed by atoms with Crippen molar-refractivity contribution in [2.45, 2.75) is 201 Å². The topological polar surface area (TPSA) is 403 Å². The van der Waals surface area contributed by atoms with Gasteiger partial charge in [-0.15, -0.1) is 0 Å². The van der Waals surface area contributed by atoms with Crippen LogP contribution in [-0.4, -0.2) is 170 Å². The van der Waals surface area contributed by atoms with Crippen LogP contribution in [0, 0.1) is 11.7 Å². The number of nitrogens with zero attached hydrogens (tertiary/aromatic N) is 2. The molecule has 1 saturated heterocycles. The Bertz CT molecular complexity index is 3830. The number of anilines is 1. The number of unbranched alkanes of at least 4 members (excludes halogenated alkanes) is 1. The van der Waals surface area contributed by atoms with E-state index in [4.69, 9.17) is 11.5 Å². The number of rotatable bonds is 16. The Morgan fingerprint density at radius 1 is 0.648 bits per heavy atom. The number of aromatic nitrogens is 2. The Morgan fingerprint density at radius 2 is 1.28 bits per heavy atom. The van der Waals surface area contributed by atoms with Crippen LogP contribution in [0.5, 0.6) is 5.75 Å². The highest BCUT2D eigenvalue weighted by Gasteiger charge is 2.50. The van der Waals surface area contributed by atoms with Gasteiger partial charge in [-0.25, -0.2) is 9.37 Å². The van der Waals surface area contributed by atoms with Crippen molar-refractivity contribution in [2.75, 3.05) is 43.0 Å². The molecule has 16 N–H and O–H groups in total. The summed E-state index contributed by atoms with van der Waals surface area (Å²) in [6.45, 7) is 4.16. The molecule has 29 heteroatoms. The number of benzene rings is 4. The lowest BCUT2D eigenvalue weighted by Gasteiger charge is -2.41. The van der Waals surface area contributed by atoms with Gasteiger partial charge in [0.05, 0.1) is 12.7 Å². The first-order chi connectivity index (χ1) is 50.5. The number of amides is 9. The number of nitrogens with one attached hydrogen (secondary N) is 10. The Kier molecular flexibility index (Phi) is 29.6. The molecule has 26 nitrogen and oxygen atoms in total. The molecule has 0 spiro atoms. The zero-order valence-electron chi connectivity index (χ0n) is 59.7. The van der Waals surface area contributed by atoms with Gasteiger partial charge < -0.3 is 79.4 Å². The van der Waals surface area contributed by atoms with E-state index in [0.717, 1.165) is 43.2 Å². The maximum absolute atomic E-state index is 15.8. The van der Waals surface area contributed by atoms with E-state index in [9.17, 15) is 34.2 Å². The Labute approximate surface area is 620 Å². The van der Waals surface area contributed by atoms with Gasteiger partial charge in [-0.1, -0.05) is 92.8 Å². The second kappa shape index (κ2) is 38.8.